The van der Waals surface area contributed by atoms with Gasteiger partial charge in [0.2, 0.25) is 0 Å². The van der Waals surface area contributed by atoms with E-state index in [1.165, 1.54) is 6.42 Å². The Labute approximate surface area is 226 Å². The van der Waals surface area contributed by atoms with Crippen LogP contribution < -0.4 is 0 Å². The zero-order valence-electron chi connectivity index (χ0n) is 22.7. The third kappa shape index (κ3) is 3.58. The van der Waals surface area contributed by atoms with Gasteiger partial charge in [-0.15, -0.1) is 0 Å². The summed E-state index contributed by atoms with van der Waals surface area (Å²) in [4.78, 5) is 15.9. The van der Waals surface area contributed by atoms with E-state index in [9.17, 15) is 9.90 Å². The Kier molecular flexibility index (Phi) is 5.81. The van der Waals surface area contributed by atoms with Crippen molar-refractivity contribution in [3.05, 3.63) is 71.8 Å². The predicted molar refractivity (Wildman–Crippen MR) is 145 cm³/mol. The van der Waals surface area contributed by atoms with Crippen LogP contribution in [0.25, 0.3) is 0 Å². The van der Waals surface area contributed by atoms with E-state index in [1.807, 2.05) is 60.7 Å². The standard InChI is InChI=1S/C33H41NO4/c1-22-13-14-28-26(29(35)37-33(28)27(22)15-18-31(2)30(33)38-31)21-34-19-16-25(17-20-34)32(36,23-9-5-3-6-10-23)24-11-7-4-8-12-24/h3-12,22,25-28,30,36H,13-21H2,1-2H3/t22-,26+,27+,28+,30-,31-,33-/m1/s1. The van der Waals surface area contributed by atoms with Gasteiger partial charge in [-0.2, -0.15) is 0 Å². The zero-order chi connectivity index (χ0) is 26.1. The number of hydrogen-bond donors (Lipinski definition) is 1. The molecule has 0 aromatic heterocycles. The number of piperidine rings is 1. The van der Waals surface area contributed by atoms with E-state index in [2.05, 4.69) is 18.7 Å². The Bertz CT molecular complexity index is 1140. The summed E-state index contributed by atoms with van der Waals surface area (Å²) < 4.78 is 12.8. The van der Waals surface area contributed by atoms with Crippen LogP contribution in [-0.2, 0) is 19.9 Å². The van der Waals surface area contributed by atoms with Crippen molar-refractivity contribution in [2.45, 2.75) is 75.3 Å². The zero-order valence-corrected chi connectivity index (χ0v) is 22.7. The summed E-state index contributed by atoms with van der Waals surface area (Å²) in [5, 5.41) is 12.3. The summed E-state index contributed by atoms with van der Waals surface area (Å²) in [7, 11) is 0. The van der Waals surface area contributed by atoms with E-state index in [0.29, 0.717) is 11.8 Å². The van der Waals surface area contributed by atoms with E-state index in [4.69, 9.17) is 9.47 Å². The van der Waals surface area contributed by atoms with Crippen LogP contribution >= 0.6 is 0 Å². The van der Waals surface area contributed by atoms with E-state index >= 15 is 0 Å². The molecule has 2 aromatic rings. The Morgan fingerprint density at radius 3 is 2.18 bits per heavy atom. The highest BCUT2D eigenvalue weighted by Gasteiger charge is 2.77. The fraction of sp³-hybridized carbons (Fsp3) is 0.606. The third-order valence-corrected chi connectivity index (χ3v) is 11.2. The van der Waals surface area contributed by atoms with E-state index in [1.54, 1.807) is 0 Å². The first-order valence-electron chi connectivity index (χ1n) is 14.8. The van der Waals surface area contributed by atoms with Crippen molar-refractivity contribution in [1.29, 1.82) is 0 Å². The van der Waals surface area contributed by atoms with Crippen LogP contribution in [0.2, 0.25) is 0 Å². The first-order chi connectivity index (χ1) is 18.4. The van der Waals surface area contributed by atoms with Crippen LogP contribution in [0.15, 0.2) is 60.7 Å². The van der Waals surface area contributed by atoms with Gasteiger partial charge in [-0.3, -0.25) is 4.79 Å². The summed E-state index contributed by atoms with van der Waals surface area (Å²) in [6, 6.07) is 20.2. The molecule has 7 atom stereocenters. The highest BCUT2D eigenvalue weighted by molar-refractivity contribution is 5.77. The van der Waals surface area contributed by atoms with E-state index in [-0.39, 0.29) is 35.4 Å². The lowest BCUT2D eigenvalue weighted by Gasteiger charge is -2.50. The second-order valence-electron chi connectivity index (χ2n) is 13.1. The van der Waals surface area contributed by atoms with Crippen LogP contribution in [-0.4, -0.2) is 52.9 Å². The smallest absolute Gasteiger partial charge is 0.311 e. The van der Waals surface area contributed by atoms with Crippen LogP contribution in [0.5, 0.6) is 0 Å². The number of aliphatic hydroxyl groups is 1. The van der Waals surface area contributed by atoms with Crippen molar-refractivity contribution < 1.29 is 19.4 Å². The molecule has 7 rings (SSSR count). The summed E-state index contributed by atoms with van der Waals surface area (Å²) >= 11 is 0. The fourth-order valence-electron chi connectivity index (χ4n) is 9.10. The quantitative estimate of drug-likeness (QED) is 0.440. The second-order valence-corrected chi connectivity index (χ2v) is 13.1. The first-order valence-corrected chi connectivity index (χ1v) is 14.8. The molecule has 0 radical (unpaired) electrons. The molecule has 5 fully saturated rings. The number of carbonyl (C=O) groups excluding carboxylic acids is 1. The average molecular weight is 516 g/mol. The number of benzene rings is 2. The Morgan fingerprint density at radius 1 is 0.921 bits per heavy atom. The molecule has 2 aliphatic carbocycles. The third-order valence-electron chi connectivity index (χ3n) is 11.2. The minimum absolute atomic E-state index is 0.000972. The molecule has 5 aliphatic rings. The lowest BCUT2D eigenvalue weighted by Crippen LogP contribution is -2.58. The van der Waals surface area contributed by atoms with Gasteiger partial charge < -0.3 is 19.5 Å². The van der Waals surface area contributed by atoms with Gasteiger partial charge in [0.15, 0.2) is 0 Å². The average Bonchev–Trinajstić information content (AvgIpc) is 3.58. The van der Waals surface area contributed by atoms with Gasteiger partial charge in [0, 0.05) is 18.4 Å². The van der Waals surface area contributed by atoms with E-state index < -0.39 is 11.2 Å². The Hall–Kier alpha value is -2.21. The molecule has 2 aromatic carbocycles. The van der Waals surface area contributed by atoms with Crippen LogP contribution in [0.4, 0.5) is 0 Å². The van der Waals surface area contributed by atoms with Gasteiger partial charge in [-0.1, -0.05) is 67.6 Å². The number of hydrogen-bond acceptors (Lipinski definition) is 5. The normalized spacial score (nSPS) is 39.1. The topological polar surface area (TPSA) is 62.3 Å². The molecule has 0 amide bonds. The maximum absolute atomic E-state index is 13.5. The van der Waals surface area contributed by atoms with Crippen LogP contribution in [0.3, 0.4) is 0 Å². The highest BCUT2D eigenvalue weighted by Crippen LogP contribution is 2.66. The molecule has 3 heterocycles. The minimum atomic E-state index is -1.02. The number of carbonyl (C=O) groups is 1. The van der Waals surface area contributed by atoms with Crippen molar-refractivity contribution in [3.63, 3.8) is 0 Å². The van der Waals surface area contributed by atoms with Gasteiger partial charge in [-0.05, 0) is 81.5 Å². The molecule has 5 nitrogen and oxygen atoms in total. The van der Waals surface area contributed by atoms with Crippen molar-refractivity contribution in [1.82, 2.24) is 4.90 Å². The number of fused-ring (bicyclic) bond motifs is 1. The first kappa shape index (κ1) is 24.8. The summed E-state index contributed by atoms with van der Waals surface area (Å²) in [6.07, 6.45) is 6.28. The summed E-state index contributed by atoms with van der Waals surface area (Å²) in [5.41, 5.74) is 0.383. The Morgan fingerprint density at radius 2 is 1.55 bits per heavy atom. The molecule has 202 valence electrons. The van der Waals surface area contributed by atoms with Gasteiger partial charge >= 0.3 is 5.97 Å². The predicted octanol–water partition coefficient (Wildman–Crippen LogP) is 5.16. The number of ether oxygens (including phenoxy) is 2. The molecule has 5 heteroatoms. The van der Waals surface area contributed by atoms with Gasteiger partial charge in [0.1, 0.15) is 17.3 Å². The van der Waals surface area contributed by atoms with Gasteiger partial charge in [0.25, 0.3) is 0 Å². The minimum Gasteiger partial charge on any atom is -0.455 e. The van der Waals surface area contributed by atoms with Crippen LogP contribution in [0.1, 0.15) is 63.5 Å². The summed E-state index contributed by atoms with van der Waals surface area (Å²) in [5.74, 6) is 1.30. The van der Waals surface area contributed by atoms with Gasteiger partial charge in [0.05, 0.1) is 11.5 Å². The van der Waals surface area contributed by atoms with E-state index in [0.717, 1.165) is 62.9 Å². The SMILES string of the molecule is C[C@@H]1CC[C@H]2[C@H](CN3CCC(C(O)(c4ccccc4)c4ccccc4)CC3)C(=O)O[C@]23[C@H]1CC[C@@]1(C)O[C@@H]31. The molecule has 2 saturated carbocycles. The number of rotatable bonds is 5. The van der Waals surface area contributed by atoms with Crippen molar-refractivity contribution in [3.8, 4) is 0 Å². The highest BCUT2D eigenvalue weighted by atomic mass is 16.7. The van der Waals surface area contributed by atoms with Crippen LogP contribution in [0, 0.1) is 29.6 Å². The number of nitrogens with zero attached hydrogens (tertiary/aromatic N) is 1. The van der Waals surface area contributed by atoms with Gasteiger partial charge in [-0.25, -0.2) is 0 Å². The van der Waals surface area contributed by atoms with Crippen molar-refractivity contribution in [2.24, 2.45) is 29.6 Å². The molecule has 0 unspecified atom stereocenters. The molecule has 3 saturated heterocycles. The molecular weight excluding hydrogens is 474 g/mol. The lowest BCUT2D eigenvalue weighted by molar-refractivity contribution is -0.168. The lowest BCUT2D eigenvalue weighted by atomic mass is 9.55. The van der Waals surface area contributed by atoms with Crippen molar-refractivity contribution in [2.75, 3.05) is 19.6 Å². The maximum atomic E-state index is 13.5. The number of likely N-dealkylation sites (tertiary alicyclic amines) is 1. The second kappa shape index (κ2) is 8.90. The Balaban J connectivity index is 1.09. The number of esters is 1. The monoisotopic (exact) mass is 515 g/mol. The van der Waals surface area contributed by atoms with Crippen molar-refractivity contribution >= 4 is 5.97 Å². The number of epoxide rings is 1. The molecule has 3 aliphatic heterocycles. The molecular formula is C33H41NO4. The fourth-order valence-corrected chi connectivity index (χ4v) is 9.10. The molecule has 1 N–H and O–H groups in total. The maximum Gasteiger partial charge on any atom is 0.311 e. The molecule has 1 spiro atoms. The summed E-state index contributed by atoms with van der Waals surface area (Å²) in [6.45, 7) is 7.09. The molecule has 0 bridgehead atoms. The molecule has 38 heavy (non-hydrogen) atoms. The largest absolute Gasteiger partial charge is 0.455 e.